The predicted molar refractivity (Wildman–Crippen MR) is 73.2 cm³/mol. The number of esters is 1. The van der Waals surface area contributed by atoms with Gasteiger partial charge < -0.3 is 4.74 Å². The SMILES string of the molecule is C=CCN(CC(=O)OCC)Cc1cc(F)ccc1C#N. The molecule has 5 heteroatoms. The highest BCUT2D eigenvalue weighted by Crippen LogP contribution is 2.13. The van der Waals surface area contributed by atoms with Gasteiger partial charge in [0, 0.05) is 13.1 Å². The first-order chi connectivity index (χ1) is 9.60. The molecule has 0 spiro atoms. The molecule has 106 valence electrons. The normalized spacial score (nSPS) is 10.1. The number of halogens is 1. The summed E-state index contributed by atoms with van der Waals surface area (Å²) in [4.78, 5) is 13.2. The minimum absolute atomic E-state index is 0.0707. The van der Waals surface area contributed by atoms with E-state index in [1.54, 1.807) is 17.9 Å². The van der Waals surface area contributed by atoms with Crippen molar-refractivity contribution in [2.45, 2.75) is 13.5 Å². The molecule has 0 N–H and O–H groups in total. The maximum atomic E-state index is 13.3. The Labute approximate surface area is 118 Å². The fourth-order valence-corrected chi connectivity index (χ4v) is 1.80. The average Bonchev–Trinajstić information content (AvgIpc) is 2.39. The molecule has 0 aliphatic rings. The summed E-state index contributed by atoms with van der Waals surface area (Å²) in [6.45, 7) is 6.46. The second kappa shape index (κ2) is 8.08. The average molecular weight is 276 g/mol. The molecule has 0 aliphatic carbocycles. The zero-order chi connectivity index (χ0) is 15.0. The van der Waals surface area contributed by atoms with Crippen LogP contribution in [0.15, 0.2) is 30.9 Å². The van der Waals surface area contributed by atoms with E-state index in [4.69, 9.17) is 10.00 Å². The standard InChI is InChI=1S/C15H17FN2O2/c1-3-7-18(11-15(19)20-4-2)10-13-8-14(16)6-5-12(13)9-17/h3,5-6,8H,1,4,7,10-11H2,2H3. The van der Waals surface area contributed by atoms with Gasteiger partial charge in [0.15, 0.2) is 0 Å². The van der Waals surface area contributed by atoms with Gasteiger partial charge in [0.2, 0.25) is 0 Å². The van der Waals surface area contributed by atoms with Crippen molar-refractivity contribution in [1.29, 1.82) is 5.26 Å². The molecule has 0 aromatic heterocycles. The van der Waals surface area contributed by atoms with Crippen molar-refractivity contribution in [3.63, 3.8) is 0 Å². The smallest absolute Gasteiger partial charge is 0.320 e. The number of nitrogens with zero attached hydrogens (tertiary/aromatic N) is 2. The Morgan fingerprint density at radius 1 is 1.60 bits per heavy atom. The van der Waals surface area contributed by atoms with Crippen molar-refractivity contribution >= 4 is 5.97 Å². The van der Waals surface area contributed by atoms with Crippen LogP contribution >= 0.6 is 0 Å². The summed E-state index contributed by atoms with van der Waals surface area (Å²) in [6, 6.07) is 5.99. The molecule has 1 rings (SSSR count). The van der Waals surface area contributed by atoms with E-state index in [-0.39, 0.29) is 19.1 Å². The number of rotatable bonds is 7. The summed E-state index contributed by atoms with van der Waals surface area (Å²) >= 11 is 0. The van der Waals surface area contributed by atoms with E-state index in [1.165, 1.54) is 18.2 Å². The summed E-state index contributed by atoms with van der Waals surface area (Å²) in [5.41, 5.74) is 0.933. The molecule has 4 nitrogen and oxygen atoms in total. The third-order valence-corrected chi connectivity index (χ3v) is 2.63. The van der Waals surface area contributed by atoms with Crippen LogP contribution in [0.25, 0.3) is 0 Å². The summed E-state index contributed by atoms with van der Waals surface area (Å²) in [5.74, 6) is -0.766. The number of hydrogen-bond donors (Lipinski definition) is 0. The quantitative estimate of drug-likeness (QED) is 0.566. The Kier molecular flexibility index (Phi) is 6.41. The Balaban J connectivity index is 2.84. The zero-order valence-corrected chi connectivity index (χ0v) is 11.4. The van der Waals surface area contributed by atoms with Crippen LogP contribution in [0.4, 0.5) is 4.39 Å². The van der Waals surface area contributed by atoms with E-state index in [9.17, 15) is 9.18 Å². The van der Waals surface area contributed by atoms with Crippen molar-refractivity contribution in [3.8, 4) is 6.07 Å². The predicted octanol–water partition coefficient (Wildman–Crippen LogP) is 2.25. The van der Waals surface area contributed by atoms with Gasteiger partial charge in [-0.25, -0.2) is 4.39 Å². The van der Waals surface area contributed by atoms with Gasteiger partial charge in [0.05, 0.1) is 24.8 Å². The van der Waals surface area contributed by atoms with Crippen LogP contribution in [0, 0.1) is 17.1 Å². The zero-order valence-electron chi connectivity index (χ0n) is 11.4. The lowest BCUT2D eigenvalue weighted by molar-refractivity contribution is -0.144. The van der Waals surface area contributed by atoms with Crippen LogP contribution < -0.4 is 0 Å². The number of nitriles is 1. The molecule has 0 amide bonds. The lowest BCUT2D eigenvalue weighted by atomic mass is 10.1. The molecule has 20 heavy (non-hydrogen) atoms. The first-order valence-electron chi connectivity index (χ1n) is 6.28. The highest BCUT2D eigenvalue weighted by molar-refractivity contribution is 5.71. The van der Waals surface area contributed by atoms with Crippen LogP contribution in [-0.2, 0) is 16.1 Å². The van der Waals surface area contributed by atoms with Crippen LogP contribution in [0.5, 0.6) is 0 Å². The maximum absolute atomic E-state index is 13.3. The monoisotopic (exact) mass is 276 g/mol. The molecule has 1 aromatic rings. The number of ether oxygens (including phenoxy) is 1. The Hall–Kier alpha value is -2.19. The second-order valence-corrected chi connectivity index (χ2v) is 4.18. The van der Waals surface area contributed by atoms with Gasteiger partial charge in [-0.05, 0) is 30.7 Å². The van der Waals surface area contributed by atoms with Crippen LogP contribution in [-0.4, -0.2) is 30.6 Å². The molecular weight excluding hydrogens is 259 g/mol. The summed E-state index contributed by atoms with van der Waals surface area (Å²) in [5, 5.41) is 9.02. The fraction of sp³-hybridized carbons (Fsp3) is 0.333. The molecular formula is C15H17FN2O2. The third kappa shape index (κ3) is 4.82. The van der Waals surface area contributed by atoms with E-state index in [2.05, 4.69) is 6.58 Å². The van der Waals surface area contributed by atoms with Crippen molar-refractivity contribution in [1.82, 2.24) is 4.90 Å². The van der Waals surface area contributed by atoms with Crippen LogP contribution in [0.3, 0.4) is 0 Å². The largest absolute Gasteiger partial charge is 0.465 e. The summed E-state index contributed by atoms with van der Waals surface area (Å²) in [7, 11) is 0. The molecule has 0 atom stereocenters. The first-order valence-corrected chi connectivity index (χ1v) is 6.28. The highest BCUT2D eigenvalue weighted by Gasteiger charge is 2.13. The molecule has 0 heterocycles. The van der Waals surface area contributed by atoms with Crippen molar-refractivity contribution < 1.29 is 13.9 Å². The van der Waals surface area contributed by atoms with Gasteiger partial charge in [-0.2, -0.15) is 5.26 Å². The molecule has 0 aliphatic heterocycles. The molecule has 0 radical (unpaired) electrons. The van der Waals surface area contributed by atoms with E-state index >= 15 is 0 Å². The number of carbonyl (C=O) groups excluding carboxylic acids is 1. The second-order valence-electron chi connectivity index (χ2n) is 4.18. The molecule has 0 saturated heterocycles. The van der Waals surface area contributed by atoms with Crippen molar-refractivity contribution in [2.24, 2.45) is 0 Å². The van der Waals surface area contributed by atoms with Gasteiger partial charge in [-0.15, -0.1) is 6.58 Å². The Bertz CT molecular complexity index is 523. The van der Waals surface area contributed by atoms with E-state index in [0.29, 0.717) is 24.3 Å². The fourth-order valence-electron chi connectivity index (χ4n) is 1.80. The topological polar surface area (TPSA) is 53.3 Å². The van der Waals surface area contributed by atoms with Gasteiger partial charge in [0.1, 0.15) is 5.82 Å². The Morgan fingerprint density at radius 2 is 2.35 bits per heavy atom. The molecule has 1 aromatic carbocycles. The van der Waals surface area contributed by atoms with Crippen molar-refractivity contribution in [3.05, 3.63) is 47.8 Å². The van der Waals surface area contributed by atoms with Crippen LogP contribution in [0.2, 0.25) is 0 Å². The minimum Gasteiger partial charge on any atom is -0.465 e. The summed E-state index contributed by atoms with van der Waals surface area (Å²) < 4.78 is 18.1. The third-order valence-electron chi connectivity index (χ3n) is 2.63. The lowest BCUT2D eigenvalue weighted by Gasteiger charge is -2.20. The van der Waals surface area contributed by atoms with Crippen molar-refractivity contribution in [2.75, 3.05) is 19.7 Å². The van der Waals surface area contributed by atoms with E-state index in [0.717, 1.165) is 0 Å². The first kappa shape index (κ1) is 15.9. The van der Waals surface area contributed by atoms with Crippen LogP contribution in [0.1, 0.15) is 18.1 Å². The van der Waals surface area contributed by atoms with Gasteiger partial charge in [-0.3, -0.25) is 9.69 Å². The Morgan fingerprint density at radius 3 is 2.95 bits per heavy atom. The van der Waals surface area contributed by atoms with Gasteiger partial charge in [-0.1, -0.05) is 6.08 Å². The highest BCUT2D eigenvalue weighted by atomic mass is 19.1. The molecule has 0 bridgehead atoms. The van der Waals surface area contributed by atoms with E-state index < -0.39 is 5.82 Å². The summed E-state index contributed by atoms with van der Waals surface area (Å²) in [6.07, 6.45) is 1.64. The number of hydrogen-bond acceptors (Lipinski definition) is 4. The molecule has 0 fully saturated rings. The maximum Gasteiger partial charge on any atom is 0.320 e. The minimum atomic E-state index is -0.409. The number of carbonyl (C=O) groups is 1. The molecule has 0 saturated carbocycles. The lowest BCUT2D eigenvalue weighted by Crippen LogP contribution is -2.31. The van der Waals surface area contributed by atoms with E-state index in [1.807, 2.05) is 6.07 Å². The molecule has 0 unspecified atom stereocenters. The van der Waals surface area contributed by atoms with Gasteiger partial charge >= 0.3 is 5.97 Å². The number of benzene rings is 1. The van der Waals surface area contributed by atoms with Gasteiger partial charge in [0.25, 0.3) is 0 Å².